The van der Waals surface area contributed by atoms with Crippen LogP contribution in [0.5, 0.6) is 0 Å². The molecule has 1 atom stereocenters. The van der Waals surface area contributed by atoms with Gasteiger partial charge in [-0.15, -0.1) is 0 Å². The van der Waals surface area contributed by atoms with E-state index in [4.69, 9.17) is 4.42 Å². The molecular formula is C21H25FN4O. The van der Waals surface area contributed by atoms with E-state index in [1.807, 2.05) is 24.5 Å². The molecule has 1 fully saturated rings. The molecule has 1 saturated heterocycles. The maximum absolute atomic E-state index is 13.1. The average molecular weight is 368 g/mol. The number of hydrogen-bond acceptors (Lipinski definition) is 4. The molecule has 4 rings (SSSR count). The second-order valence-corrected chi connectivity index (χ2v) is 7.21. The van der Waals surface area contributed by atoms with E-state index in [0.29, 0.717) is 6.04 Å². The van der Waals surface area contributed by atoms with Crippen molar-refractivity contribution in [1.82, 2.24) is 20.0 Å². The Kier molecular flexibility index (Phi) is 5.36. The largest absolute Gasteiger partial charge is 0.468 e. The van der Waals surface area contributed by atoms with Crippen molar-refractivity contribution in [3.63, 3.8) is 0 Å². The molecule has 6 heteroatoms. The SMILES string of the molecule is C[C@H](NC1CCN(Cc2ccco2)CC1)c1cnn(-c2ccc(F)cc2)c1. The van der Waals surface area contributed by atoms with Crippen molar-refractivity contribution in [1.29, 1.82) is 0 Å². The minimum atomic E-state index is -0.237. The lowest BCUT2D eigenvalue weighted by atomic mass is 10.0. The summed E-state index contributed by atoms with van der Waals surface area (Å²) in [5.41, 5.74) is 2.00. The Morgan fingerprint density at radius 1 is 1.22 bits per heavy atom. The first-order valence-corrected chi connectivity index (χ1v) is 9.48. The summed E-state index contributed by atoms with van der Waals surface area (Å²) in [6.07, 6.45) is 7.87. The molecule has 0 spiro atoms. The number of benzene rings is 1. The van der Waals surface area contributed by atoms with E-state index in [0.717, 1.165) is 49.5 Å². The molecule has 27 heavy (non-hydrogen) atoms. The molecule has 0 unspecified atom stereocenters. The number of nitrogens with zero attached hydrogens (tertiary/aromatic N) is 3. The minimum Gasteiger partial charge on any atom is -0.468 e. The van der Waals surface area contributed by atoms with E-state index in [2.05, 4.69) is 22.2 Å². The zero-order valence-corrected chi connectivity index (χ0v) is 15.5. The molecule has 1 aromatic carbocycles. The summed E-state index contributed by atoms with van der Waals surface area (Å²) in [5, 5.41) is 8.14. The summed E-state index contributed by atoms with van der Waals surface area (Å²) in [5.74, 6) is 0.794. The molecule has 5 nitrogen and oxygen atoms in total. The maximum atomic E-state index is 13.1. The highest BCUT2D eigenvalue weighted by molar-refractivity contribution is 5.32. The molecule has 0 radical (unpaired) electrons. The lowest BCUT2D eigenvalue weighted by Crippen LogP contribution is -2.42. The fourth-order valence-corrected chi connectivity index (χ4v) is 3.63. The number of furan rings is 1. The number of piperidine rings is 1. The Morgan fingerprint density at radius 2 is 2.00 bits per heavy atom. The van der Waals surface area contributed by atoms with E-state index in [1.165, 1.54) is 12.1 Å². The lowest BCUT2D eigenvalue weighted by molar-refractivity contribution is 0.174. The molecule has 142 valence electrons. The van der Waals surface area contributed by atoms with Gasteiger partial charge >= 0.3 is 0 Å². The van der Waals surface area contributed by atoms with E-state index < -0.39 is 0 Å². The number of halogens is 1. The van der Waals surface area contributed by atoms with Gasteiger partial charge < -0.3 is 9.73 Å². The van der Waals surface area contributed by atoms with Crippen LogP contribution in [0.25, 0.3) is 5.69 Å². The van der Waals surface area contributed by atoms with Gasteiger partial charge in [0.2, 0.25) is 0 Å². The Balaban J connectivity index is 1.29. The van der Waals surface area contributed by atoms with Gasteiger partial charge in [0.1, 0.15) is 11.6 Å². The Bertz CT molecular complexity index is 835. The molecule has 0 aliphatic carbocycles. The Morgan fingerprint density at radius 3 is 2.70 bits per heavy atom. The van der Waals surface area contributed by atoms with Crippen LogP contribution >= 0.6 is 0 Å². The fourth-order valence-electron chi connectivity index (χ4n) is 3.63. The predicted octanol–water partition coefficient (Wildman–Crippen LogP) is 3.92. The highest BCUT2D eigenvalue weighted by Crippen LogP contribution is 2.19. The van der Waals surface area contributed by atoms with Gasteiger partial charge in [-0.2, -0.15) is 5.10 Å². The molecule has 1 N–H and O–H groups in total. The molecule has 0 bridgehead atoms. The van der Waals surface area contributed by atoms with Crippen LogP contribution in [0, 0.1) is 5.82 Å². The normalized spacial score (nSPS) is 17.3. The molecule has 3 heterocycles. The van der Waals surface area contributed by atoms with Crippen molar-refractivity contribution in [2.45, 2.75) is 38.4 Å². The summed E-state index contributed by atoms with van der Waals surface area (Å²) in [6.45, 7) is 5.20. The fraction of sp³-hybridized carbons (Fsp3) is 0.381. The third kappa shape index (κ3) is 4.46. The first-order valence-electron chi connectivity index (χ1n) is 9.48. The maximum Gasteiger partial charge on any atom is 0.123 e. The van der Waals surface area contributed by atoms with E-state index in [9.17, 15) is 4.39 Å². The van der Waals surface area contributed by atoms with Gasteiger partial charge in [-0.3, -0.25) is 4.90 Å². The standard InChI is InChI=1S/C21H25FN4O/c1-16(17-13-23-26(14-17)20-6-4-18(22)5-7-20)24-19-8-10-25(11-9-19)15-21-3-2-12-27-21/h2-7,12-14,16,19,24H,8-11,15H2,1H3/t16-/m0/s1. The van der Waals surface area contributed by atoms with Crippen LogP contribution in [-0.4, -0.2) is 33.8 Å². The van der Waals surface area contributed by atoms with Crippen molar-refractivity contribution in [2.75, 3.05) is 13.1 Å². The Labute approximate surface area is 158 Å². The predicted molar refractivity (Wildman–Crippen MR) is 102 cm³/mol. The molecule has 1 aliphatic heterocycles. The van der Waals surface area contributed by atoms with Crippen LogP contribution in [-0.2, 0) is 6.54 Å². The van der Waals surface area contributed by atoms with Crippen molar-refractivity contribution in [3.8, 4) is 5.69 Å². The van der Waals surface area contributed by atoms with Crippen LogP contribution < -0.4 is 5.32 Å². The highest BCUT2D eigenvalue weighted by atomic mass is 19.1. The van der Waals surface area contributed by atoms with Crippen LogP contribution in [0.1, 0.15) is 37.1 Å². The zero-order chi connectivity index (χ0) is 18.6. The molecular weight excluding hydrogens is 343 g/mol. The van der Waals surface area contributed by atoms with Crippen molar-refractivity contribution >= 4 is 0 Å². The van der Waals surface area contributed by atoms with E-state index in [1.54, 1.807) is 23.1 Å². The topological polar surface area (TPSA) is 46.2 Å². The van der Waals surface area contributed by atoms with Gasteiger partial charge in [0.15, 0.2) is 0 Å². The quantitative estimate of drug-likeness (QED) is 0.716. The smallest absolute Gasteiger partial charge is 0.123 e. The summed E-state index contributed by atoms with van der Waals surface area (Å²) >= 11 is 0. The number of rotatable bonds is 6. The van der Waals surface area contributed by atoms with E-state index >= 15 is 0 Å². The third-order valence-corrected chi connectivity index (χ3v) is 5.23. The monoisotopic (exact) mass is 368 g/mol. The molecule has 2 aromatic heterocycles. The number of likely N-dealkylation sites (tertiary alicyclic amines) is 1. The summed E-state index contributed by atoms with van der Waals surface area (Å²) in [7, 11) is 0. The average Bonchev–Trinajstić information content (AvgIpc) is 3.36. The van der Waals surface area contributed by atoms with Gasteiger partial charge in [0.25, 0.3) is 0 Å². The van der Waals surface area contributed by atoms with Crippen LogP contribution in [0.15, 0.2) is 59.5 Å². The first kappa shape index (κ1) is 17.9. The summed E-state index contributed by atoms with van der Waals surface area (Å²) < 4.78 is 20.3. The zero-order valence-electron chi connectivity index (χ0n) is 15.5. The van der Waals surface area contributed by atoms with Crippen molar-refractivity contribution < 1.29 is 8.81 Å². The number of aromatic nitrogens is 2. The van der Waals surface area contributed by atoms with Gasteiger partial charge in [-0.1, -0.05) is 0 Å². The molecule has 0 saturated carbocycles. The number of nitrogens with one attached hydrogen (secondary N) is 1. The van der Waals surface area contributed by atoms with Gasteiger partial charge in [-0.25, -0.2) is 9.07 Å². The molecule has 1 aliphatic rings. The molecule has 3 aromatic rings. The second-order valence-electron chi connectivity index (χ2n) is 7.21. The summed E-state index contributed by atoms with van der Waals surface area (Å²) in [6, 6.07) is 11.1. The first-order chi connectivity index (χ1) is 13.2. The lowest BCUT2D eigenvalue weighted by Gasteiger charge is -2.33. The summed E-state index contributed by atoms with van der Waals surface area (Å²) in [4.78, 5) is 2.44. The third-order valence-electron chi connectivity index (χ3n) is 5.23. The van der Waals surface area contributed by atoms with Gasteiger partial charge in [-0.05, 0) is 56.2 Å². The number of hydrogen-bond donors (Lipinski definition) is 1. The minimum absolute atomic E-state index is 0.223. The molecule has 0 amide bonds. The van der Waals surface area contributed by atoms with Gasteiger partial charge in [0.05, 0.1) is 24.7 Å². The van der Waals surface area contributed by atoms with Crippen LogP contribution in [0.3, 0.4) is 0 Å². The van der Waals surface area contributed by atoms with Crippen molar-refractivity contribution in [2.24, 2.45) is 0 Å². The van der Waals surface area contributed by atoms with Crippen molar-refractivity contribution in [3.05, 3.63) is 72.2 Å². The highest BCUT2D eigenvalue weighted by Gasteiger charge is 2.22. The van der Waals surface area contributed by atoms with Crippen LogP contribution in [0.2, 0.25) is 0 Å². The van der Waals surface area contributed by atoms with E-state index in [-0.39, 0.29) is 11.9 Å². The Hall–Kier alpha value is -2.44. The van der Waals surface area contributed by atoms with Gasteiger partial charge in [0, 0.05) is 36.9 Å². The second kappa shape index (κ2) is 8.06. The van der Waals surface area contributed by atoms with Crippen LogP contribution in [0.4, 0.5) is 4.39 Å².